The molecule has 2 rings (SSSR count). The lowest BCUT2D eigenvalue weighted by Crippen LogP contribution is -2.77. The van der Waals surface area contributed by atoms with Gasteiger partial charge in [0.25, 0.3) is 0 Å². The fraction of sp³-hybridized carbons (Fsp3) is 0.833. The summed E-state index contributed by atoms with van der Waals surface area (Å²) in [5, 5.41) is 1.69. The first kappa shape index (κ1) is 18.1. The Balaban J connectivity index is 2.33. The number of amides is 1. The Hall–Kier alpha value is -1.27. The molecule has 1 amide bonds. The molecule has 132 valence electrons. The topological polar surface area (TPSA) is 105 Å². The molecule has 0 bridgehead atoms. The highest BCUT2D eigenvalue weighted by atomic mass is 32.2. The maximum Gasteiger partial charge on any atom is 0.560 e. The van der Waals surface area contributed by atoms with Crippen molar-refractivity contribution in [1.29, 1.82) is 0 Å². The molecule has 1 atom stereocenters. The van der Waals surface area contributed by atoms with Crippen molar-refractivity contribution in [2.45, 2.75) is 26.3 Å². The SMILES string of the molecule is CCOC(=O)[N+]1(N2CCN(S(C)(=O)=O)CC2(C)C)CC(=O)ON1. The molecule has 0 aromatic rings. The summed E-state index contributed by atoms with van der Waals surface area (Å²) in [6.07, 6.45) is 0.481. The largest absolute Gasteiger partial charge is 0.560 e. The van der Waals surface area contributed by atoms with Crippen molar-refractivity contribution in [1.82, 2.24) is 14.9 Å². The molecule has 1 unspecified atom stereocenters. The van der Waals surface area contributed by atoms with Crippen molar-refractivity contribution in [3.8, 4) is 0 Å². The third kappa shape index (κ3) is 3.33. The van der Waals surface area contributed by atoms with Gasteiger partial charge in [-0.2, -0.15) is 9.10 Å². The number of hydrogen-bond donors (Lipinski definition) is 1. The fourth-order valence-corrected chi connectivity index (χ4v) is 3.92. The second kappa shape index (κ2) is 5.98. The number of hydrogen-bond acceptors (Lipinski definition) is 8. The van der Waals surface area contributed by atoms with Gasteiger partial charge >= 0.3 is 12.1 Å². The Labute approximate surface area is 135 Å². The molecule has 0 spiro atoms. The van der Waals surface area contributed by atoms with Crippen molar-refractivity contribution in [3.63, 3.8) is 0 Å². The Morgan fingerprint density at radius 3 is 2.52 bits per heavy atom. The molecule has 2 heterocycles. The summed E-state index contributed by atoms with van der Waals surface area (Å²) in [5.74, 6) is -0.584. The lowest BCUT2D eigenvalue weighted by molar-refractivity contribution is -1.02. The van der Waals surface area contributed by atoms with E-state index in [4.69, 9.17) is 9.57 Å². The average molecular weight is 351 g/mol. The number of rotatable bonds is 3. The van der Waals surface area contributed by atoms with Gasteiger partial charge in [0.15, 0.2) is 0 Å². The van der Waals surface area contributed by atoms with Crippen LogP contribution in [0.4, 0.5) is 4.79 Å². The molecule has 0 radical (unpaired) electrons. The summed E-state index contributed by atoms with van der Waals surface area (Å²) < 4.78 is 29.4. The Morgan fingerprint density at radius 1 is 1.43 bits per heavy atom. The van der Waals surface area contributed by atoms with Crippen molar-refractivity contribution in [2.75, 3.05) is 39.0 Å². The van der Waals surface area contributed by atoms with E-state index in [1.54, 1.807) is 25.8 Å². The molecule has 0 aromatic heterocycles. The zero-order chi connectivity index (χ0) is 17.5. The van der Waals surface area contributed by atoms with Crippen molar-refractivity contribution >= 4 is 22.1 Å². The van der Waals surface area contributed by atoms with Gasteiger partial charge in [-0.15, -0.1) is 5.01 Å². The number of piperazine rings is 1. The van der Waals surface area contributed by atoms with Crippen LogP contribution in [0.1, 0.15) is 20.8 Å². The average Bonchev–Trinajstić information content (AvgIpc) is 2.80. The standard InChI is InChI=1S/C12H23N4O6S/c1-5-21-11(18)16(8-10(17)22-13-16)15-7-6-14(23(4,19)20)9-12(15,2)3/h13H,5-9H2,1-4H3/q+1. The number of ether oxygens (including phenoxy) is 1. The molecule has 2 fully saturated rings. The van der Waals surface area contributed by atoms with Gasteiger partial charge in [0.05, 0.1) is 24.9 Å². The Kier molecular flexibility index (Phi) is 4.70. The third-order valence-corrected chi connectivity index (χ3v) is 5.19. The first-order chi connectivity index (χ1) is 10.5. The molecule has 1 N–H and O–H groups in total. The maximum atomic E-state index is 12.5. The molecular weight excluding hydrogens is 328 g/mol. The summed E-state index contributed by atoms with van der Waals surface area (Å²) in [6.45, 7) is 5.79. The number of nitrogens with one attached hydrogen (secondary N) is 1. The predicted molar refractivity (Wildman–Crippen MR) is 78.6 cm³/mol. The zero-order valence-corrected chi connectivity index (χ0v) is 14.6. The number of quaternary nitrogens is 1. The quantitative estimate of drug-likeness (QED) is 0.660. The highest BCUT2D eigenvalue weighted by Crippen LogP contribution is 2.30. The van der Waals surface area contributed by atoms with Crippen LogP contribution in [0.2, 0.25) is 0 Å². The van der Waals surface area contributed by atoms with Gasteiger partial charge in [-0.3, -0.25) is 0 Å². The van der Waals surface area contributed by atoms with E-state index in [0.717, 1.165) is 6.26 Å². The van der Waals surface area contributed by atoms with E-state index >= 15 is 0 Å². The van der Waals surface area contributed by atoms with E-state index < -0.39 is 32.3 Å². The van der Waals surface area contributed by atoms with Crippen molar-refractivity contribution in [2.24, 2.45) is 0 Å². The normalized spacial score (nSPS) is 29.3. The minimum atomic E-state index is -3.34. The molecule has 0 saturated carbocycles. The first-order valence-corrected chi connectivity index (χ1v) is 9.13. The van der Waals surface area contributed by atoms with Crippen LogP contribution >= 0.6 is 0 Å². The smallest absolute Gasteiger partial charge is 0.417 e. The minimum Gasteiger partial charge on any atom is -0.417 e. The van der Waals surface area contributed by atoms with Crippen molar-refractivity contribution < 1.29 is 32.3 Å². The van der Waals surface area contributed by atoms with Gasteiger partial charge in [-0.25, -0.2) is 13.2 Å². The van der Waals surface area contributed by atoms with Gasteiger partial charge in [-0.1, -0.05) is 0 Å². The first-order valence-electron chi connectivity index (χ1n) is 7.28. The fourth-order valence-electron chi connectivity index (χ4n) is 2.96. The van der Waals surface area contributed by atoms with E-state index in [-0.39, 0.29) is 32.8 Å². The highest BCUT2D eigenvalue weighted by Gasteiger charge is 2.60. The van der Waals surface area contributed by atoms with Crippen LogP contribution in [-0.2, 0) is 24.4 Å². The number of nitrogens with zero attached hydrogens (tertiary/aromatic N) is 3. The monoisotopic (exact) mass is 351 g/mol. The summed E-state index contributed by atoms with van der Waals surface area (Å²) in [7, 11) is -3.34. The van der Waals surface area contributed by atoms with Gasteiger partial charge < -0.3 is 9.57 Å². The van der Waals surface area contributed by atoms with Gasteiger partial charge in [-0.05, 0) is 25.5 Å². The van der Waals surface area contributed by atoms with Gasteiger partial charge in [0, 0.05) is 18.7 Å². The Bertz CT molecular complexity index is 607. The number of carbonyl (C=O) groups excluding carboxylic acids is 2. The predicted octanol–water partition coefficient (Wildman–Crippen LogP) is -0.793. The summed E-state index contributed by atoms with van der Waals surface area (Å²) in [5.41, 5.74) is 1.73. The molecule has 2 aliphatic heterocycles. The summed E-state index contributed by atoms with van der Waals surface area (Å²) in [6, 6.07) is 0. The molecular formula is C12H23N4O6S+. The van der Waals surface area contributed by atoms with E-state index in [1.165, 1.54) is 4.31 Å². The molecule has 10 nitrogen and oxygen atoms in total. The van der Waals surface area contributed by atoms with E-state index in [2.05, 4.69) is 5.59 Å². The highest BCUT2D eigenvalue weighted by molar-refractivity contribution is 7.88. The number of sulfonamides is 1. The minimum absolute atomic E-state index is 0.151. The molecule has 2 saturated heterocycles. The summed E-state index contributed by atoms with van der Waals surface area (Å²) >= 11 is 0. The summed E-state index contributed by atoms with van der Waals surface area (Å²) in [4.78, 5) is 28.8. The third-order valence-electron chi connectivity index (χ3n) is 3.94. The zero-order valence-electron chi connectivity index (χ0n) is 13.7. The maximum absolute atomic E-state index is 12.5. The van der Waals surface area contributed by atoms with Crippen LogP contribution in [-0.4, -0.2) is 79.1 Å². The van der Waals surface area contributed by atoms with Crippen LogP contribution in [0, 0.1) is 0 Å². The second-order valence-corrected chi connectivity index (χ2v) is 8.21. The van der Waals surface area contributed by atoms with Crippen LogP contribution in [0.25, 0.3) is 0 Å². The van der Waals surface area contributed by atoms with E-state index in [0.29, 0.717) is 0 Å². The Morgan fingerprint density at radius 2 is 2.09 bits per heavy atom. The molecule has 23 heavy (non-hydrogen) atoms. The van der Waals surface area contributed by atoms with Crippen LogP contribution in [0.3, 0.4) is 0 Å². The second-order valence-electron chi connectivity index (χ2n) is 6.22. The molecule has 0 aromatic carbocycles. The lowest BCUT2D eigenvalue weighted by atomic mass is 10.0. The molecule has 2 aliphatic rings. The number of carbonyl (C=O) groups is 2. The molecule has 11 heteroatoms. The van der Waals surface area contributed by atoms with E-state index in [1.807, 2.05) is 0 Å². The van der Waals surface area contributed by atoms with Crippen LogP contribution < -0.4 is 5.59 Å². The van der Waals surface area contributed by atoms with Crippen LogP contribution in [0.15, 0.2) is 0 Å². The van der Waals surface area contributed by atoms with Crippen molar-refractivity contribution in [3.05, 3.63) is 0 Å². The van der Waals surface area contributed by atoms with Crippen LogP contribution in [0.5, 0.6) is 0 Å². The lowest BCUT2D eigenvalue weighted by Gasteiger charge is -2.49. The van der Waals surface area contributed by atoms with Gasteiger partial charge in [0.2, 0.25) is 16.6 Å². The van der Waals surface area contributed by atoms with Gasteiger partial charge in [0.1, 0.15) is 0 Å². The van der Waals surface area contributed by atoms with E-state index in [9.17, 15) is 18.0 Å². The molecule has 0 aliphatic carbocycles.